The number of hydrogen-bond acceptors (Lipinski definition) is 4. The fourth-order valence-electron chi connectivity index (χ4n) is 1.87. The Morgan fingerprint density at radius 3 is 3.00 bits per heavy atom. The summed E-state index contributed by atoms with van der Waals surface area (Å²) < 4.78 is 5.46. The Hall–Kier alpha value is -1.14. The summed E-state index contributed by atoms with van der Waals surface area (Å²) in [5, 5.41) is 3.02. The van der Waals surface area contributed by atoms with E-state index in [1.807, 2.05) is 17.2 Å². The lowest BCUT2D eigenvalue weighted by Crippen LogP contribution is -2.47. The highest BCUT2D eigenvalue weighted by molar-refractivity contribution is 7.09. The van der Waals surface area contributed by atoms with Gasteiger partial charge in [-0.25, -0.2) is 9.78 Å². The SMILES string of the molecule is Cc1nc([C@@H]2COCCN2C(=O)N(C)C)cs1. The van der Waals surface area contributed by atoms with Crippen LogP contribution >= 0.6 is 11.3 Å². The van der Waals surface area contributed by atoms with Gasteiger partial charge in [0.1, 0.15) is 6.04 Å². The minimum atomic E-state index is -0.0522. The van der Waals surface area contributed by atoms with Gasteiger partial charge in [-0.15, -0.1) is 11.3 Å². The van der Waals surface area contributed by atoms with Gasteiger partial charge in [-0.2, -0.15) is 0 Å². The van der Waals surface area contributed by atoms with Crippen molar-refractivity contribution in [3.63, 3.8) is 0 Å². The van der Waals surface area contributed by atoms with Gasteiger partial charge in [0.2, 0.25) is 0 Å². The van der Waals surface area contributed by atoms with E-state index in [-0.39, 0.29) is 12.1 Å². The molecule has 0 spiro atoms. The number of urea groups is 1. The molecule has 6 heteroatoms. The van der Waals surface area contributed by atoms with E-state index in [0.717, 1.165) is 10.7 Å². The van der Waals surface area contributed by atoms with Crippen molar-refractivity contribution >= 4 is 17.4 Å². The third-order valence-corrected chi connectivity index (χ3v) is 3.53. The van der Waals surface area contributed by atoms with Gasteiger partial charge in [-0.05, 0) is 6.92 Å². The Balaban J connectivity index is 2.20. The molecule has 2 heterocycles. The lowest BCUT2D eigenvalue weighted by atomic mass is 10.2. The third kappa shape index (κ3) is 2.58. The largest absolute Gasteiger partial charge is 0.377 e. The Morgan fingerprint density at radius 1 is 1.65 bits per heavy atom. The van der Waals surface area contributed by atoms with Crippen molar-refractivity contribution in [2.45, 2.75) is 13.0 Å². The lowest BCUT2D eigenvalue weighted by molar-refractivity contribution is 0.00476. The van der Waals surface area contributed by atoms with Crippen LogP contribution in [0.2, 0.25) is 0 Å². The van der Waals surface area contributed by atoms with E-state index >= 15 is 0 Å². The molecule has 1 aliphatic heterocycles. The molecule has 0 aromatic carbocycles. The van der Waals surface area contributed by atoms with Crippen LogP contribution < -0.4 is 0 Å². The minimum absolute atomic E-state index is 0.0175. The van der Waals surface area contributed by atoms with Crippen molar-refractivity contribution in [3.8, 4) is 0 Å². The van der Waals surface area contributed by atoms with Gasteiger partial charge in [0.25, 0.3) is 0 Å². The van der Waals surface area contributed by atoms with Crippen LogP contribution in [-0.4, -0.2) is 54.7 Å². The molecular weight excluding hydrogens is 238 g/mol. The summed E-state index contributed by atoms with van der Waals surface area (Å²) in [6.07, 6.45) is 0. The first kappa shape index (κ1) is 12.3. The van der Waals surface area contributed by atoms with E-state index in [2.05, 4.69) is 4.98 Å². The van der Waals surface area contributed by atoms with Crippen LogP contribution in [0.4, 0.5) is 4.79 Å². The summed E-state index contributed by atoms with van der Waals surface area (Å²) in [5.74, 6) is 0. The van der Waals surface area contributed by atoms with Crippen LogP contribution in [0.5, 0.6) is 0 Å². The lowest BCUT2D eigenvalue weighted by Gasteiger charge is -2.36. The number of aryl methyl sites for hydroxylation is 1. The molecule has 1 atom stereocenters. The maximum atomic E-state index is 12.1. The number of amides is 2. The predicted octanol–water partition coefficient (Wildman–Crippen LogP) is 1.51. The molecule has 17 heavy (non-hydrogen) atoms. The number of carbonyl (C=O) groups is 1. The first-order chi connectivity index (χ1) is 8.09. The number of carbonyl (C=O) groups excluding carboxylic acids is 1. The average molecular weight is 255 g/mol. The normalized spacial score (nSPS) is 20.4. The molecule has 1 saturated heterocycles. The molecule has 1 aliphatic rings. The highest BCUT2D eigenvalue weighted by Gasteiger charge is 2.30. The van der Waals surface area contributed by atoms with Crippen LogP contribution in [-0.2, 0) is 4.74 Å². The molecule has 0 N–H and O–H groups in total. The number of aromatic nitrogens is 1. The Labute approximate surface area is 105 Å². The van der Waals surface area contributed by atoms with E-state index in [4.69, 9.17) is 4.74 Å². The topological polar surface area (TPSA) is 45.7 Å². The molecule has 1 aromatic heterocycles. The number of morpholine rings is 1. The summed E-state index contributed by atoms with van der Waals surface area (Å²) in [6, 6.07) is -0.0347. The molecule has 0 aliphatic carbocycles. The van der Waals surface area contributed by atoms with Crippen LogP contribution in [0.15, 0.2) is 5.38 Å². The van der Waals surface area contributed by atoms with Gasteiger partial charge in [0.15, 0.2) is 0 Å². The van der Waals surface area contributed by atoms with Gasteiger partial charge in [-0.3, -0.25) is 0 Å². The maximum absolute atomic E-state index is 12.1. The second-order valence-electron chi connectivity index (χ2n) is 4.25. The fourth-order valence-corrected chi connectivity index (χ4v) is 2.53. The number of rotatable bonds is 1. The number of hydrogen-bond donors (Lipinski definition) is 0. The third-order valence-electron chi connectivity index (χ3n) is 2.73. The van der Waals surface area contributed by atoms with Crippen LogP contribution in [0, 0.1) is 6.92 Å². The smallest absolute Gasteiger partial charge is 0.320 e. The Morgan fingerprint density at radius 2 is 2.41 bits per heavy atom. The molecule has 0 unspecified atom stereocenters. The van der Waals surface area contributed by atoms with Crippen molar-refractivity contribution < 1.29 is 9.53 Å². The van der Waals surface area contributed by atoms with Gasteiger partial charge in [0.05, 0.1) is 23.9 Å². The minimum Gasteiger partial charge on any atom is -0.377 e. The zero-order valence-electron chi connectivity index (χ0n) is 10.3. The Kier molecular flexibility index (Phi) is 3.63. The van der Waals surface area contributed by atoms with Gasteiger partial charge in [0, 0.05) is 26.0 Å². The maximum Gasteiger partial charge on any atom is 0.320 e. The molecule has 0 saturated carbocycles. The molecule has 2 amide bonds. The van der Waals surface area contributed by atoms with E-state index in [1.54, 1.807) is 30.3 Å². The molecule has 1 fully saturated rings. The fraction of sp³-hybridized carbons (Fsp3) is 0.636. The van der Waals surface area contributed by atoms with E-state index in [9.17, 15) is 4.79 Å². The molecule has 0 radical (unpaired) electrons. The second kappa shape index (κ2) is 5.01. The molecule has 94 valence electrons. The summed E-state index contributed by atoms with van der Waals surface area (Å²) in [4.78, 5) is 19.9. The highest BCUT2D eigenvalue weighted by atomic mass is 32.1. The van der Waals surface area contributed by atoms with Crippen LogP contribution in [0.1, 0.15) is 16.7 Å². The summed E-state index contributed by atoms with van der Waals surface area (Å²) in [7, 11) is 3.53. The quantitative estimate of drug-likeness (QED) is 0.764. The number of nitrogens with zero attached hydrogens (tertiary/aromatic N) is 3. The predicted molar refractivity (Wildman–Crippen MR) is 66.2 cm³/mol. The summed E-state index contributed by atoms with van der Waals surface area (Å²) in [5.41, 5.74) is 0.933. The van der Waals surface area contributed by atoms with Crippen molar-refractivity contribution in [1.29, 1.82) is 0 Å². The monoisotopic (exact) mass is 255 g/mol. The van der Waals surface area contributed by atoms with E-state index < -0.39 is 0 Å². The zero-order valence-corrected chi connectivity index (χ0v) is 11.2. The molecule has 2 rings (SSSR count). The zero-order chi connectivity index (χ0) is 12.4. The standard InChI is InChI=1S/C11H17N3O2S/c1-8-12-9(7-17-8)10-6-16-5-4-14(10)11(15)13(2)3/h7,10H,4-6H2,1-3H3/t10-/m0/s1. The first-order valence-electron chi connectivity index (χ1n) is 5.57. The molecular formula is C11H17N3O2S. The average Bonchev–Trinajstić information content (AvgIpc) is 2.74. The van der Waals surface area contributed by atoms with Gasteiger partial charge < -0.3 is 14.5 Å². The summed E-state index contributed by atoms with van der Waals surface area (Å²) in [6.45, 7) is 3.72. The van der Waals surface area contributed by atoms with Gasteiger partial charge in [-0.1, -0.05) is 0 Å². The number of thiazole rings is 1. The van der Waals surface area contributed by atoms with E-state index in [0.29, 0.717) is 19.8 Å². The molecule has 5 nitrogen and oxygen atoms in total. The first-order valence-corrected chi connectivity index (χ1v) is 6.45. The Bertz CT molecular complexity index is 405. The number of ether oxygens (including phenoxy) is 1. The van der Waals surface area contributed by atoms with Crippen molar-refractivity contribution in [2.75, 3.05) is 33.9 Å². The molecule has 0 bridgehead atoms. The van der Waals surface area contributed by atoms with Crippen molar-refractivity contribution in [1.82, 2.24) is 14.8 Å². The van der Waals surface area contributed by atoms with Gasteiger partial charge >= 0.3 is 6.03 Å². The highest BCUT2D eigenvalue weighted by Crippen LogP contribution is 2.26. The van der Waals surface area contributed by atoms with Crippen LogP contribution in [0.25, 0.3) is 0 Å². The molecule has 1 aromatic rings. The van der Waals surface area contributed by atoms with Crippen molar-refractivity contribution in [3.05, 3.63) is 16.1 Å². The van der Waals surface area contributed by atoms with E-state index in [1.165, 1.54) is 0 Å². The second-order valence-corrected chi connectivity index (χ2v) is 5.31. The van der Waals surface area contributed by atoms with Crippen LogP contribution in [0.3, 0.4) is 0 Å². The van der Waals surface area contributed by atoms with Crippen molar-refractivity contribution in [2.24, 2.45) is 0 Å². The summed E-state index contributed by atoms with van der Waals surface area (Å²) >= 11 is 1.60.